The molecule has 0 fully saturated rings. The fourth-order valence-corrected chi connectivity index (χ4v) is 5.10. The molecule has 0 aliphatic carbocycles. The smallest absolute Gasteiger partial charge is 0.325 e. The lowest BCUT2D eigenvalue weighted by molar-refractivity contribution is -0.143. The van der Waals surface area contributed by atoms with Crippen LogP contribution in [0.5, 0.6) is 0 Å². The minimum Gasteiger partial charge on any atom is -0.465 e. The molecule has 0 saturated carbocycles. The minimum absolute atomic E-state index is 0.0820. The normalized spacial score (nSPS) is 12.9. The third kappa shape index (κ3) is 4.42. The molecule has 0 unspecified atom stereocenters. The van der Waals surface area contributed by atoms with Crippen molar-refractivity contribution in [1.82, 2.24) is 9.88 Å². The molecule has 2 heterocycles. The first-order chi connectivity index (χ1) is 16.0. The maximum Gasteiger partial charge on any atom is 0.325 e. The number of halogens is 1. The first-order valence-corrected chi connectivity index (χ1v) is 11.8. The summed E-state index contributed by atoms with van der Waals surface area (Å²) in [5.41, 5.74) is 7.86. The van der Waals surface area contributed by atoms with Gasteiger partial charge in [-0.1, -0.05) is 54.9 Å². The number of ether oxygens (including phenoxy) is 1. The van der Waals surface area contributed by atoms with Crippen molar-refractivity contribution in [2.24, 2.45) is 0 Å². The minimum atomic E-state index is -0.292. The predicted molar refractivity (Wildman–Crippen MR) is 131 cm³/mol. The molecule has 4 rings (SSSR count). The number of hydrogen-bond acceptors (Lipinski definition) is 3. The van der Waals surface area contributed by atoms with Gasteiger partial charge in [0.05, 0.1) is 12.2 Å². The van der Waals surface area contributed by atoms with Crippen LogP contribution in [-0.2, 0) is 35.3 Å². The average molecular weight is 465 g/mol. The molecule has 172 valence electrons. The molecule has 1 aliphatic rings. The summed E-state index contributed by atoms with van der Waals surface area (Å²) < 4.78 is 7.14. The molecule has 0 spiro atoms. The Morgan fingerprint density at radius 1 is 1.09 bits per heavy atom. The Balaban J connectivity index is 1.83. The van der Waals surface area contributed by atoms with Crippen molar-refractivity contribution in [2.45, 2.75) is 46.6 Å². The maximum atomic E-state index is 12.9. The molecular weight excluding hydrogens is 436 g/mol. The Morgan fingerprint density at radius 2 is 1.85 bits per heavy atom. The van der Waals surface area contributed by atoms with Crippen LogP contribution in [0.2, 0.25) is 5.02 Å². The van der Waals surface area contributed by atoms with E-state index in [9.17, 15) is 9.59 Å². The monoisotopic (exact) mass is 464 g/mol. The van der Waals surface area contributed by atoms with Gasteiger partial charge < -0.3 is 14.6 Å². The van der Waals surface area contributed by atoms with Crippen molar-refractivity contribution in [3.8, 4) is 11.1 Å². The van der Waals surface area contributed by atoms with Crippen LogP contribution in [0.4, 0.5) is 0 Å². The maximum absolute atomic E-state index is 12.9. The highest BCUT2D eigenvalue weighted by Gasteiger charge is 2.29. The van der Waals surface area contributed by atoms with Gasteiger partial charge in [-0.15, -0.1) is 0 Å². The van der Waals surface area contributed by atoms with Gasteiger partial charge in [0.25, 0.3) is 5.91 Å². The number of aromatic nitrogens is 1. The molecule has 2 aromatic carbocycles. The molecule has 1 aromatic heterocycles. The lowest BCUT2D eigenvalue weighted by Gasteiger charge is -2.17. The van der Waals surface area contributed by atoms with E-state index < -0.39 is 0 Å². The number of amides is 1. The van der Waals surface area contributed by atoms with Gasteiger partial charge in [0.15, 0.2) is 0 Å². The summed E-state index contributed by atoms with van der Waals surface area (Å²) in [6.07, 6.45) is 2.13. The van der Waals surface area contributed by atoms with Gasteiger partial charge in [-0.05, 0) is 48.6 Å². The third-order valence-corrected chi connectivity index (χ3v) is 6.67. The second-order valence-corrected chi connectivity index (χ2v) is 8.65. The Kier molecular flexibility index (Phi) is 6.89. The number of benzene rings is 2. The van der Waals surface area contributed by atoms with E-state index in [2.05, 4.69) is 30.4 Å². The van der Waals surface area contributed by atoms with Crippen LogP contribution >= 0.6 is 11.6 Å². The second-order valence-electron chi connectivity index (χ2n) is 8.24. The lowest BCUT2D eigenvalue weighted by Crippen LogP contribution is -2.33. The summed E-state index contributed by atoms with van der Waals surface area (Å²) in [5.74, 6) is -0.374. The lowest BCUT2D eigenvalue weighted by atomic mass is 9.90. The van der Waals surface area contributed by atoms with Crippen LogP contribution in [0.1, 0.15) is 52.3 Å². The molecule has 6 heteroatoms. The van der Waals surface area contributed by atoms with Crippen molar-refractivity contribution in [2.75, 3.05) is 13.2 Å². The number of nitrogens with one attached hydrogen (secondary N) is 1. The van der Waals surface area contributed by atoms with Gasteiger partial charge >= 0.3 is 5.97 Å². The number of aryl methyl sites for hydroxylation is 1. The van der Waals surface area contributed by atoms with Crippen molar-refractivity contribution >= 4 is 23.5 Å². The van der Waals surface area contributed by atoms with Gasteiger partial charge in [-0.25, -0.2) is 0 Å². The average Bonchev–Trinajstić information content (AvgIpc) is 3.06. The van der Waals surface area contributed by atoms with Crippen LogP contribution in [0.25, 0.3) is 11.1 Å². The number of fused-ring (bicyclic) bond motifs is 1. The molecule has 0 atom stereocenters. The molecule has 33 heavy (non-hydrogen) atoms. The van der Waals surface area contributed by atoms with E-state index in [1.54, 1.807) is 6.92 Å². The fraction of sp³-hybridized carbons (Fsp3) is 0.333. The molecule has 0 saturated heterocycles. The summed E-state index contributed by atoms with van der Waals surface area (Å²) in [6, 6.07) is 14.2. The summed E-state index contributed by atoms with van der Waals surface area (Å²) in [4.78, 5) is 25.2. The van der Waals surface area contributed by atoms with Gasteiger partial charge in [0.2, 0.25) is 0 Å². The molecule has 0 bridgehead atoms. The first-order valence-electron chi connectivity index (χ1n) is 11.5. The number of nitrogens with zero attached hydrogens (tertiary/aromatic N) is 1. The number of carbonyl (C=O) groups is 2. The first kappa shape index (κ1) is 23.1. The Morgan fingerprint density at radius 3 is 2.61 bits per heavy atom. The molecule has 3 aromatic rings. The number of carbonyl (C=O) groups excluding carboxylic acids is 2. The van der Waals surface area contributed by atoms with Crippen LogP contribution < -0.4 is 5.32 Å². The number of rotatable bonds is 7. The standard InChI is InChI=1S/C27H29ClN2O3/c1-4-18-10-8-12-22(28)25(18)20-11-7-6-9-19(20)15-21-17(3)30(16-24(31)33-5-2)23-13-14-29-27(32)26(21)23/h6-12H,4-5,13-16H2,1-3H3,(H,29,32). The zero-order valence-electron chi connectivity index (χ0n) is 19.3. The Labute approximate surface area is 199 Å². The highest BCUT2D eigenvalue weighted by Crippen LogP contribution is 2.36. The molecule has 5 nitrogen and oxygen atoms in total. The number of esters is 1. The van der Waals surface area contributed by atoms with E-state index in [4.69, 9.17) is 16.3 Å². The van der Waals surface area contributed by atoms with Crippen LogP contribution in [0.3, 0.4) is 0 Å². The third-order valence-electron chi connectivity index (χ3n) is 6.36. The summed E-state index contributed by atoms with van der Waals surface area (Å²) in [5, 5.41) is 3.69. The van der Waals surface area contributed by atoms with E-state index >= 15 is 0 Å². The van der Waals surface area contributed by atoms with E-state index in [0.29, 0.717) is 31.6 Å². The largest absolute Gasteiger partial charge is 0.465 e. The second kappa shape index (κ2) is 9.84. The van der Waals surface area contributed by atoms with Crippen molar-refractivity contribution in [3.63, 3.8) is 0 Å². The number of hydrogen-bond donors (Lipinski definition) is 1. The Hall–Kier alpha value is -3.05. The van der Waals surface area contributed by atoms with E-state index in [1.165, 1.54) is 5.56 Å². The van der Waals surface area contributed by atoms with Crippen LogP contribution in [-0.4, -0.2) is 29.6 Å². The van der Waals surface area contributed by atoms with Gasteiger partial charge in [-0.3, -0.25) is 9.59 Å². The van der Waals surface area contributed by atoms with Crippen molar-refractivity contribution < 1.29 is 14.3 Å². The molecule has 1 amide bonds. The summed E-state index contributed by atoms with van der Waals surface area (Å²) in [7, 11) is 0. The molecular formula is C27H29ClN2O3. The van der Waals surface area contributed by atoms with Crippen LogP contribution in [0, 0.1) is 6.92 Å². The zero-order chi connectivity index (χ0) is 23.5. The highest BCUT2D eigenvalue weighted by atomic mass is 35.5. The van der Waals surface area contributed by atoms with E-state index in [-0.39, 0.29) is 18.4 Å². The molecule has 1 aliphatic heterocycles. The van der Waals surface area contributed by atoms with Crippen molar-refractivity contribution in [3.05, 3.63) is 81.1 Å². The zero-order valence-corrected chi connectivity index (χ0v) is 20.1. The highest BCUT2D eigenvalue weighted by molar-refractivity contribution is 6.33. The fourth-order valence-electron chi connectivity index (χ4n) is 4.81. The summed E-state index contributed by atoms with van der Waals surface area (Å²) >= 11 is 6.66. The predicted octanol–water partition coefficient (Wildman–Crippen LogP) is 5.12. The van der Waals surface area contributed by atoms with Gasteiger partial charge in [-0.2, -0.15) is 0 Å². The summed E-state index contributed by atoms with van der Waals surface area (Å²) in [6.45, 7) is 6.91. The molecule has 1 N–H and O–H groups in total. The van der Waals surface area contributed by atoms with Crippen LogP contribution in [0.15, 0.2) is 42.5 Å². The van der Waals surface area contributed by atoms with Gasteiger partial charge in [0, 0.05) is 41.4 Å². The van der Waals surface area contributed by atoms with Crippen molar-refractivity contribution in [1.29, 1.82) is 0 Å². The topological polar surface area (TPSA) is 60.3 Å². The van der Waals surface area contributed by atoms with E-state index in [1.807, 2.05) is 35.8 Å². The SMILES string of the molecule is CCOC(=O)Cn1c(C)c(Cc2ccccc2-c2c(Cl)cccc2CC)c2c1CCNC2=O. The Bertz CT molecular complexity index is 1210. The van der Waals surface area contributed by atoms with Gasteiger partial charge in [0.1, 0.15) is 6.54 Å². The quantitative estimate of drug-likeness (QED) is 0.494. The van der Waals surface area contributed by atoms with E-state index in [0.717, 1.165) is 45.1 Å². The molecule has 0 radical (unpaired) electrons.